The van der Waals surface area contributed by atoms with Crippen LogP contribution in [0.25, 0.3) is 0 Å². The molecule has 17 heavy (non-hydrogen) atoms. The number of hydrogen-bond donors (Lipinski definition) is 1. The number of benzene rings is 1. The van der Waals surface area contributed by atoms with Crippen LogP contribution in [0.5, 0.6) is 0 Å². The molecule has 1 aromatic rings. The van der Waals surface area contributed by atoms with Crippen molar-refractivity contribution in [2.24, 2.45) is 5.92 Å². The van der Waals surface area contributed by atoms with E-state index in [9.17, 15) is 4.79 Å². The largest absolute Gasteiger partial charge is 0.324 e. The van der Waals surface area contributed by atoms with Gasteiger partial charge in [0.15, 0.2) is 0 Å². The molecule has 3 heteroatoms. The summed E-state index contributed by atoms with van der Waals surface area (Å²) in [7, 11) is 0. The number of carbonyl (C=O) groups is 1. The van der Waals surface area contributed by atoms with Crippen LogP contribution >= 0.6 is 0 Å². The smallest absolute Gasteiger partial charge is 0.241 e. The normalized spacial score (nSPS) is 11.7. The van der Waals surface area contributed by atoms with Crippen LogP contribution in [0, 0.1) is 38.0 Å². The number of carbonyl (C=O) groups excluding carboxylic acids is 1. The summed E-state index contributed by atoms with van der Waals surface area (Å²) >= 11 is 0. The molecule has 1 unspecified atom stereocenters. The Balaban J connectivity index is 2.97. The number of nitrogens with one attached hydrogen (secondary N) is 1. The van der Waals surface area contributed by atoms with Gasteiger partial charge in [-0.2, -0.15) is 5.26 Å². The van der Waals surface area contributed by atoms with Gasteiger partial charge in [0, 0.05) is 5.69 Å². The predicted molar refractivity (Wildman–Crippen MR) is 68.7 cm³/mol. The summed E-state index contributed by atoms with van der Waals surface area (Å²) in [6.07, 6.45) is 0.534. The molecule has 0 heterocycles. The SMILES string of the molecule is CCC(C#N)C(=O)Nc1c(C)cc(C)cc1C. The molecule has 0 aliphatic rings. The van der Waals surface area contributed by atoms with Crippen molar-refractivity contribution in [1.82, 2.24) is 0 Å². The first-order valence-corrected chi connectivity index (χ1v) is 5.78. The number of nitriles is 1. The second kappa shape index (κ2) is 5.49. The standard InChI is InChI=1S/C14H18N2O/c1-5-12(8-15)14(17)16-13-10(3)6-9(2)7-11(13)4/h6-7,12H,5H2,1-4H3,(H,16,17). The van der Waals surface area contributed by atoms with Gasteiger partial charge in [-0.05, 0) is 38.3 Å². The molecule has 1 aromatic carbocycles. The van der Waals surface area contributed by atoms with E-state index in [-0.39, 0.29) is 5.91 Å². The lowest BCUT2D eigenvalue weighted by molar-refractivity contribution is -0.118. The average molecular weight is 230 g/mol. The lowest BCUT2D eigenvalue weighted by Gasteiger charge is -2.14. The first-order chi connectivity index (χ1) is 7.99. The van der Waals surface area contributed by atoms with Gasteiger partial charge in [0.05, 0.1) is 6.07 Å². The van der Waals surface area contributed by atoms with Crippen LogP contribution in [0.15, 0.2) is 12.1 Å². The summed E-state index contributed by atoms with van der Waals surface area (Å²) in [5.41, 5.74) is 4.06. The zero-order valence-corrected chi connectivity index (χ0v) is 10.8. The van der Waals surface area contributed by atoms with E-state index in [2.05, 4.69) is 5.32 Å². The minimum Gasteiger partial charge on any atom is -0.324 e. The van der Waals surface area contributed by atoms with Gasteiger partial charge in [-0.15, -0.1) is 0 Å². The van der Waals surface area contributed by atoms with Crippen LogP contribution < -0.4 is 5.32 Å². The fourth-order valence-electron chi connectivity index (χ4n) is 1.92. The third-order valence-electron chi connectivity index (χ3n) is 2.81. The maximum atomic E-state index is 11.8. The summed E-state index contributed by atoms with van der Waals surface area (Å²) in [6.45, 7) is 7.78. The van der Waals surface area contributed by atoms with Crippen LogP contribution in [-0.2, 0) is 4.79 Å². The van der Waals surface area contributed by atoms with Gasteiger partial charge < -0.3 is 5.32 Å². The van der Waals surface area contributed by atoms with Crippen molar-refractivity contribution in [3.63, 3.8) is 0 Å². The predicted octanol–water partition coefficient (Wildman–Crippen LogP) is 3.10. The van der Waals surface area contributed by atoms with Crippen molar-refractivity contribution in [2.45, 2.75) is 34.1 Å². The van der Waals surface area contributed by atoms with Crippen molar-refractivity contribution >= 4 is 11.6 Å². The lowest BCUT2D eigenvalue weighted by atomic mass is 10.0. The Morgan fingerprint density at radius 1 is 1.35 bits per heavy atom. The molecule has 0 saturated heterocycles. The molecule has 0 radical (unpaired) electrons. The van der Waals surface area contributed by atoms with Crippen molar-refractivity contribution in [2.75, 3.05) is 5.32 Å². The maximum absolute atomic E-state index is 11.8. The van der Waals surface area contributed by atoms with E-state index >= 15 is 0 Å². The molecule has 3 nitrogen and oxygen atoms in total. The fraction of sp³-hybridized carbons (Fsp3) is 0.429. The second-order valence-corrected chi connectivity index (χ2v) is 4.35. The van der Waals surface area contributed by atoms with E-state index in [1.807, 2.05) is 45.9 Å². The number of amides is 1. The average Bonchev–Trinajstić information content (AvgIpc) is 2.25. The second-order valence-electron chi connectivity index (χ2n) is 4.35. The van der Waals surface area contributed by atoms with E-state index < -0.39 is 5.92 Å². The Bertz CT molecular complexity index is 449. The van der Waals surface area contributed by atoms with Gasteiger partial charge in [0.1, 0.15) is 5.92 Å². The van der Waals surface area contributed by atoms with E-state index in [1.54, 1.807) is 0 Å². The molecule has 0 saturated carbocycles. The Morgan fingerprint density at radius 3 is 2.29 bits per heavy atom. The summed E-state index contributed by atoms with van der Waals surface area (Å²) in [4.78, 5) is 11.8. The van der Waals surface area contributed by atoms with Crippen molar-refractivity contribution < 1.29 is 4.79 Å². The molecule has 0 spiro atoms. The van der Waals surface area contributed by atoms with E-state index in [1.165, 1.54) is 5.56 Å². The van der Waals surface area contributed by atoms with Gasteiger partial charge >= 0.3 is 0 Å². The monoisotopic (exact) mass is 230 g/mol. The van der Waals surface area contributed by atoms with Crippen molar-refractivity contribution in [3.05, 3.63) is 28.8 Å². The summed E-state index contributed by atoms with van der Waals surface area (Å²) < 4.78 is 0. The number of nitrogens with zero attached hydrogens (tertiary/aromatic N) is 1. The molecule has 0 aliphatic carbocycles. The molecule has 1 atom stereocenters. The van der Waals surface area contributed by atoms with E-state index in [4.69, 9.17) is 5.26 Å². The van der Waals surface area contributed by atoms with Gasteiger partial charge in [-0.3, -0.25) is 4.79 Å². The van der Waals surface area contributed by atoms with Crippen LogP contribution in [0.1, 0.15) is 30.0 Å². The highest BCUT2D eigenvalue weighted by molar-refractivity contribution is 5.95. The van der Waals surface area contributed by atoms with Crippen LogP contribution in [0.4, 0.5) is 5.69 Å². The molecule has 1 N–H and O–H groups in total. The fourth-order valence-corrected chi connectivity index (χ4v) is 1.92. The molecule has 0 fully saturated rings. The molecule has 1 rings (SSSR count). The minimum atomic E-state index is -0.574. The quantitative estimate of drug-likeness (QED) is 0.867. The van der Waals surface area contributed by atoms with Crippen LogP contribution in [0.3, 0.4) is 0 Å². The van der Waals surface area contributed by atoms with Gasteiger partial charge in [-0.1, -0.05) is 24.6 Å². The summed E-state index contributed by atoms with van der Waals surface area (Å²) in [5.74, 6) is -0.792. The third-order valence-corrected chi connectivity index (χ3v) is 2.81. The van der Waals surface area contributed by atoms with E-state index in [0.717, 1.165) is 16.8 Å². The highest BCUT2D eigenvalue weighted by atomic mass is 16.1. The Kier molecular flexibility index (Phi) is 4.28. The van der Waals surface area contributed by atoms with Gasteiger partial charge in [0.2, 0.25) is 5.91 Å². The first-order valence-electron chi connectivity index (χ1n) is 5.78. The zero-order chi connectivity index (χ0) is 13.0. The van der Waals surface area contributed by atoms with Crippen LogP contribution in [-0.4, -0.2) is 5.91 Å². The number of aryl methyl sites for hydroxylation is 3. The lowest BCUT2D eigenvalue weighted by Crippen LogP contribution is -2.22. The molecule has 0 bridgehead atoms. The number of anilines is 1. The molecular formula is C14H18N2O. The Morgan fingerprint density at radius 2 is 1.88 bits per heavy atom. The molecule has 1 amide bonds. The van der Waals surface area contributed by atoms with Crippen LogP contribution in [0.2, 0.25) is 0 Å². The molecule has 0 aliphatic heterocycles. The number of rotatable bonds is 3. The summed E-state index contributed by atoms with van der Waals surface area (Å²) in [5, 5.41) is 11.7. The first kappa shape index (κ1) is 13.2. The van der Waals surface area contributed by atoms with Gasteiger partial charge in [-0.25, -0.2) is 0 Å². The Hall–Kier alpha value is -1.82. The minimum absolute atomic E-state index is 0.218. The zero-order valence-electron chi connectivity index (χ0n) is 10.8. The third kappa shape index (κ3) is 3.07. The summed E-state index contributed by atoms with van der Waals surface area (Å²) in [6, 6.07) is 6.06. The highest BCUT2D eigenvalue weighted by Crippen LogP contribution is 2.22. The van der Waals surface area contributed by atoms with Crippen molar-refractivity contribution in [1.29, 1.82) is 5.26 Å². The van der Waals surface area contributed by atoms with Crippen molar-refractivity contribution in [3.8, 4) is 6.07 Å². The maximum Gasteiger partial charge on any atom is 0.241 e. The molecule has 0 aromatic heterocycles. The molecule has 90 valence electrons. The van der Waals surface area contributed by atoms with Gasteiger partial charge in [0.25, 0.3) is 0 Å². The Labute approximate surface area is 102 Å². The topological polar surface area (TPSA) is 52.9 Å². The molecular weight excluding hydrogens is 212 g/mol. The number of hydrogen-bond acceptors (Lipinski definition) is 2. The van der Waals surface area contributed by atoms with E-state index in [0.29, 0.717) is 6.42 Å². The highest BCUT2D eigenvalue weighted by Gasteiger charge is 2.17.